The molecule has 3 nitrogen and oxygen atoms in total. The number of carbonyl (C=O) groups is 1. The number of ether oxygens (including phenoxy) is 1. The van der Waals surface area contributed by atoms with E-state index in [0.29, 0.717) is 5.12 Å². The molecule has 0 spiro atoms. The second-order valence-corrected chi connectivity index (χ2v) is 9.77. The number of quaternary nitrogens is 1. The molecule has 1 aliphatic heterocycles. The van der Waals surface area contributed by atoms with Gasteiger partial charge < -0.3 is 33.2 Å². The molecule has 1 rings (SSSR count). The van der Waals surface area contributed by atoms with Gasteiger partial charge in [0, 0.05) is 6.42 Å². The molecule has 0 aromatic heterocycles. The highest BCUT2D eigenvalue weighted by atomic mass is 127. The zero-order valence-electron chi connectivity index (χ0n) is 18.7. The summed E-state index contributed by atoms with van der Waals surface area (Å²) in [6.07, 6.45) is 18.5. The van der Waals surface area contributed by atoms with Crippen LogP contribution in [0.3, 0.4) is 0 Å². The topological polar surface area (TPSA) is 26.3 Å². The van der Waals surface area contributed by atoms with Gasteiger partial charge in [0.25, 0.3) is 0 Å². The SMILES string of the molecule is CCCCCCCCCCCCCCCC(=O)SCC[N+]1(C)CCOCC1.[I-]. The predicted molar refractivity (Wildman–Crippen MR) is 119 cm³/mol. The Hall–Kier alpha value is 0.670. The number of thioether (sulfide) groups is 1. The van der Waals surface area contributed by atoms with Crippen LogP contribution in [0.5, 0.6) is 0 Å². The number of rotatable bonds is 17. The van der Waals surface area contributed by atoms with E-state index >= 15 is 0 Å². The Morgan fingerprint density at radius 3 is 1.79 bits per heavy atom. The number of carbonyl (C=O) groups excluding carboxylic acids is 1. The molecule has 1 aliphatic rings. The molecular formula is C23H46INO2S. The second kappa shape index (κ2) is 19.6. The molecule has 0 aromatic carbocycles. The fourth-order valence-corrected chi connectivity index (χ4v) is 4.79. The molecule has 168 valence electrons. The van der Waals surface area contributed by atoms with Gasteiger partial charge in [-0.3, -0.25) is 4.79 Å². The molecule has 0 unspecified atom stereocenters. The van der Waals surface area contributed by atoms with E-state index in [-0.39, 0.29) is 24.0 Å². The quantitative estimate of drug-likeness (QED) is 0.165. The van der Waals surface area contributed by atoms with Gasteiger partial charge in [0.15, 0.2) is 5.12 Å². The molecule has 0 bridgehead atoms. The van der Waals surface area contributed by atoms with Gasteiger partial charge in [0.1, 0.15) is 13.1 Å². The minimum Gasteiger partial charge on any atom is -1.00 e. The van der Waals surface area contributed by atoms with E-state index < -0.39 is 0 Å². The minimum atomic E-state index is 0. The van der Waals surface area contributed by atoms with E-state index in [1.807, 2.05) is 0 Å². The highest BCUT2D eigenvalue weighted by Crippen LogP contribution is 2.16. The van der Waals surface area contributed by atoms with Gasteiger partial charge in [-0.1, -0.05) is 95.7 Å². The van der Waals surface area contributed by atoms with E-state index in [4.69, 9.17) is 4.74 Å². The van der Waals surface area contributed by atoms with Crippen molar-refractivity contribution in [2.45, 2.75) is 96.8 Å². The predicted octanol–water partition coefficient (Wildman–Crippen LogP) is 3.21. The van der Waals surface area contributed by atoms with Crippen LogP contribution in [-0.2, 0) is 9.53 Å². The normalized spacial score (nSPS) is 15.9. The summed E-state index contributed by atoms with van der Waals surface area (Å²) in [4.78, 5) is 12.0. The van der Waals surface area contributed by atoms with Crippen LogP contribution >= 0.6 is 11.8 Å². The second-order valence-electron chi connectivity index (χ2n) is 8.62. The molecule has 1 saturated heterocycles. The number of halogens is 1. The molecular weight excluding hydrogens is 481 g/mol. The van der Waals surface area contributed by atoms with Crippen molar-refractivity contribution in [3.8, 4) is 0 Å². The lowest BCUT2D eigenvalue weighted by atomic mass is 10.0. The number of hydrogen-bond acceptors (Lipinski definition) is 3. The van der Waals surface area contributed by atoms with Crippen molar-refractivity contribution in [1.82, 2.24) is 0 Å². The van der Waals surface area contributed by atoms with Crippen LogP contribution in [0.2, 0.25) is 0 Å². The first kappa shape index (κ1) is 28.7. The summed E-state index contributed by atoms with van der Waals surface area (Å²) in [5, 5.41) is 0.401. The van der Waals surface area contributed by atoms with Crippen molar-refractivity contribution in [2.75, 3.05) is 45.6 Å². The Balaban J connectivity index is 0.00000729. The van der Waals surface area contributed by atoms with Crippen molar-refractivity contribution in [1.29, 1.82) is 0 Å². The van der Waals surface area contributed by atoms with Gasteiger partial charge in [-0.25, -0.2) is 0 Å². The fourth-order valence-electron chi connectivity index (χ4n) is 3.75. The number of likely N-dealkylation sites (N-methyl/N-ethyl adjacent to an activating group) is 1. The summed E-state index contributed by atoms with van der Waals surface area (Å²) in [6.45, 7) is 7.30. The highest BCUT2D eigenvalue weighted by Gasteiger charge is 2.24. The van der Waals surface area contributed by atoms with Gasteiger partial charge >= 0.3 is 0 Å². The third kappa shape index (κ3) is 16.5. The van der Waals surface area contributed by atoms with Crippen molar-refractivity contribution in [3.05, 3.63) is 0 Å². The Labute approximate surface area is 196 Å². The number of unbranched alkanes of at least 4 members (excludes halogenated alkanes) is 12. The molecule has 0 radical (unpaired) electrons. The summed E-state index contributed by atoms with van der Waals surface area (Å²) in [6, 6.07) is 0. The van der Waals surface area contributed by atoms with Crippen LogP contribution in [0.1, 0.15) is 96.8 Å². The molecule has 0 aliphatic carbocycles. The van der Waals surface area contributed by atoms with E-state index in [0.717, 1.165) is 55.9 Å². The van der Waals surface area contributed by atoms with Crippen LogP contribution < -0.4 is 24.0 Å². The van der Waals surface area contributed by atoms with Crippen LogP contribution in [0.15, 0.2) is 0 Å². The van der Waals surface area contributed by atoms with Gasteiger partial charge in [-0.05, 0) is 6.42 Å². The third-order valence-electron chi connectivity index (χ3n) is 5.93. The van der Waals surface area contributed by atoms with E-state index in [1.165, 1.54) is 77.0 Å². The maximum atomic E-state index is 12.0. The molecule has 0 amide bonds. The molecule has 0 saturated carbocycles. The van der Waals surface area contributed by atoms with E-state index in [9.17, 15) is 4.79 Å². The average Bonchev–Trinajstić information content (AvgIpc) is 2.66. The Morgan fingerprint density at radius 1 is 0.821 bits per heavy atom. The molecule has 28 heavy (non-hydrogen) atoms. The van der Waals surface area contributed by atoms with Crippen LogP contribution in [0.4, 0.5) is 0 Å². The van der Waals surface area contributed by atoms with E-state index in [1.54, 1.807) is 11.8 Å². The number of nitrogens with zero attached hydrogens (tertiary/aromatic N) is 1. The van der Waals surface area contributed by atoms with Gasteiger partial charge in [-0.2, -0.15) is 0 Å². The molecule has 0 N–H and O–H groups in total. The van der Waals surface area contributed by atoms with Gasteiger partial charge in [0.2, 0.25) is 0 Å². The van der Waals surface area contributed by atoms with Gasteiger partial charge in [-0.15, -0.1) is 0 Å². The molecule has 1 heterocycles. The summed E-state index contributed by atoms with van der Waals surface area (Å²) >= 11 is 1.56. The Kier molecular flexibility index (Phi) is 20.1. The molecule has 0 atom stereocenters. The van der Waals surface area contributed by atoms with Crippen molar-refractivity contribution in [2.24, 2.45) is 0 Å². The van der Waals surface area contributed by atoms with Crippen LogP contribution in [0.25, 0.3) is 0 Å². The van der Waals surface area contributed by atoms with Gasteiger partial charge in [0.05, 0.1) is 32.6 Å². The average molecular weight is 528 g/mol. The zero-order valence-corrected chi connectivity index (χ0v) is 21.7. The number of morpholine rings is 1. The number of hydrogen-bond donors (Lipinski definition) is 0. The summed E-state index contributed by atoms with van der Waals surface area (Å²) in [7, 11) is 2.29. The first-order valence-corrected chi connectivity index (χ1v) is 12.7. The standard InChI is InChI=1S/C23H46NO2S.HI/c1-3-4-5-6-7-8-9-10-11-12-13-14-15-16-23(25)27-22-19-24(2)17-20-26-21-18-24;/h3-22H2,1-2H3;1H/q+1;/p-1. The van der Waals surface area contributed by atoms with Crippen molar-refractivity contribution in [3.63, 3.8) is 0 Å². The monoisotopic (exact) mass is 527 g/mol. The lowest BCUT2D eigenvalue weighted by molar-refractivity contribution is -0.914. The third-order valence-corrected chi connectivity index (χ3v) is 6.84. The van der Waals surface area contributed by atoms with E-state index in [2.05, 4.69) is 14.0 Å². The first-order valence-electron chi connectivity index (χ1n) is 11.7. The highest BCUT2D eigenvalue weighted by molar-refractivity contribution is 8.13. The summed E-state index contributed by atoms with van der Waals surface area (Å²) < 4.78 is 6.50. The zero-order chi connectivity index (χ0) is 19.6. The summed E-state index contributed by atoms with van der Waals surface area (Å²) in [5.41, 5.74) is 0. The molecule has 5 heteroatoms. The maximum Gasteiger partial charge on any atom is 0.189 e. The first-order chi connectivity index (χ1) is 13.2. The Morgan fingerprint density at radius 2 is 1.29 bits per heavy atom. The van der Waals surface area contributed by atoms with Crippen molar-refractivity contribution >= 4 is 16.9 Å². The fraction of sp³-hybridized carbons (Fsp3) is 0.957. The largest absolute Gasteiger partial charge is 1.00 e. The maximum absolute atomic E-state index is 12.0. The Bertz CT molecular complexity index is 363. The lowest BCUT2D eigenvalue weighted by Crippen LogP contribution is -3.00. The van der Waals surface area contributed by atoms with Crippen LogP contribution in [0, 0.1) is 0 Å². The smallest absolute Gasteiger partial charge is 0.189 e. The summed E-state index contributed by atoms with van der Waals surface area (Å²) in [5.74, 6) is 0.966. The van der Waals surface area contributed by atoms with Crippen LogP contribution in [-0.4, -0.2) is 55.2 Å². The molecule has 1 fully saturated rings. The minimum absolute atomic E-state index is 0. The molecule has 0 aromatic rings. The lowest BCUT2D eigenvalue weighted by Gasteiger charge is -2.37. The van der Waals surface area contributed by atoms with Crippen molar-refractivity contribution < 1.29 is 38.0 Å².